The SMILES string of the molecule is Cc1ccc(-n2ncc3c(Nc4ccc(OC(F)(F)F)cc4)ncnc32)c(C)c1. The van der Waals surface area contributed by atoms with Crippen LogP contribution < -0.4 is 10.1 Å². The number of nitrogens with one attached hydrogen (secondary N) is 1. The van der Waals surface area contributed by atoms with Gasteiger partial charge in [-0.2, -0.15) is 5.10 Å². The van der Waals surface area contributed by atoms with E-state index in [0.29, 0.717) is 22.5 Å². The molecule has 0 radical (unpaired) electrons. The third-order valence-electron chi connectivity index (χ3n) is 4.30. The van der Waals surface area contributed by atoms with Gasteiger partial charge in [-0.15, -0.1) is 13.2 Å². The van der Waals surface area contributed by atoms with Crippen molar-refractivity contribution in [1.29, 1.82) is 0 Å². The maximum atomic E-state index is 12.3. The summed E-state index contributed by atoms with van der Waals surface area (Å²) in [5.74, 6) is 0.203. The lowest BCUT2D eigenvalue weighted by atomic mass is 10.1. The quantitative estimate of drug-likeness (QED) is 0.519. The number of alkyl halides is 3. The fraction of sp³-hybridized carbons (Fsp3) is 0.150. The van der Waals surface area contributed by atoms with Crippen LogP contribution in [0, 0.1) is 13.8 Å². The van der Waals surface area contributed by atoms with E-state index in [4.69, 9.17) is 0 Å². The Kier molecular flexibility index (Phi) is 4.57. The first-order valence-electron chi connectivity index (χ1n) is 8.69. The minimum absolute atomic E-state index is 0.293. The predicted octanol–water partition coefficient (Wildman–Crippen LogP) is 5.07. The van der Waals surface area contributed by atoms with Crippen molar-refractivity contribution in [3.8, 4) is 11.4 Å². The summed E-state index contributed by atoms with van der Waals surface area (Å²) in [4.78, 5) is 8.58. The van der Waals surface area contributed by atoms with Crippen molar-refractivity contribution in [2.75, 3.05) is 5.32 Å². The molecule has 0 amide bonds. The number of nitrogens with zero attached hydrogens (tertiary/aromatic N) is 4. The van der Waals surface area contributed by atoms with Crippen LogP contribution in [-0.4, -0.2) is 26.1 Å². The van der Waals surface area contributed by atoms with Gasteiger partial charge in [-0.05, 0) is 49.7 Å². The van der Waals surface area contributed by atoms with Gasteiger partial charge in [0.2, 0.25) is 0 Å². The lowest BCUT2D eigenvalue weighted by Crippen LogP contribution is -2.16. The molecule has 0 atom stereocenters. The summed E-state index contributed by atoms with van der Waals surface area (Å²) in [6.45, 7) is 4.02. The van der Waals surface area contributed by atoms with Crippen molar-refractivity contribution in [2.24, 2.45) is 0 Å². The fourth-order valence-electron chi connectivity index (χ4n) is 3.04. The molecule has 0 saturated heterocycles. The van der Waals surface area contributed by atoms with E-state index >= 15 is 0 Å². The summed E-state index contributed by atoms with van der Waals surface area (Å²) in [6, 6.07) is 11.5. The maximum Gasteiger partial charge on any atom is 0.573 e. The highest BCUT2D eigenvalue weighted by Crippen LogP contribution is 2.28. The van der Waals surface area contributed by atoms with Crippen molar-refractivity contribution in [1.82, 2.24) is 19.7 Å². The van der Waals surface area contributed by atoms with E-state index in [-0.39, 0.29) is 5.75 Å². The van der Waals surface area contributed by atoms with Gasteiger partial charge < -0.3 is 10.1 Å². The topological polar surface area (TPSA) is 64.9 Å². The molecule has 4 aromatic rings. The summed E-state index contributed by atoms with van der Waals surface area (Å²) in [5.41, 5.74) is 4.29. The molecule has 1 N–H and O–H groups in total. The van der Waals surface area contributed by atoms with Crippen molar-refractivity contribution in [3.05, 3.63) is 66.1 Å². The minimum atomic E-state index is -4.73. The first-order valence-corrected chi connectivity index (χ1v) is 8.69. The predicted molar refractivity (Wildman–Crippen MR) is 103 cm³/mol. The van der Waals surface area contributed by atoms with Gasteiger partial charge in [0.05, 0.1) is 17.3 Å². The average Bonchev–Trinajstić information content (AvgIpc) is 3.07. The molecular weight excluding hydrogens is 383 g/mol. The van der Waals surface area contributed by atoms with E-state index < -0.39 is 6.36 Å². The summed E-state index contributed by atoms with van der Waals surface area (Å²) >= 11 is 0. The molecule has 0 aliphatic heterocycles. The van der Waals surface area contributed by atoms with Crippen molar-refractivity contribution in [3.63, 3.8) is 0 Å². The van der Waals surface area contributed by atoms with E-state index in [1.807, 2.05) is 26.0 Å². The third-order valence-corrected chi connectivity index (χ3v) is 4.30. The van der Waals surface area contributed by atoms with Crippen LogP contribution >= 0.6 is 0 Å². The summed E-state index contributed by atoms with van der Waals surface area (Å²) in [6.07, 6.45) is -1.66. The highest BCUT2D eigenvalue weighted by Gasteiger charge is 2.30. The van der Waals surface area contributed by atoms with Crippen LogP contribution in [0.15, 0.2) is 55.0 Å². The number of fused-ring (bicyclic) bond motifs is 1. The molecule has 0 fully saturated rings. The maximum absolute atomic E-state index is 12.3. The molecule has 0 aliphatic carbocycles. The van der Waals surface area contributed by atoms with Crippen molar-refractivity contribution < 1.29 is 17.9 Å². The molecule has 2 aromatic carbocycles. The van der Waals surface area contributed by atoms with Gasteiger partial charge in [0, 0.05) is 5.69 Å². The number of aryl methyl sites for hydroxylation is 2. The van der Waals surface area contributed by atoms with Gasteiger partial charge in [-0.1, -0.05) is 17.7 Å². The molecule has 2 heterocycles. The fourth-order valence-corrected chi connectivity index (χ4v) is 3.04. The molecular formula is C20H16F3N5O. The molecule has 148 valence electrons. The lowest BCUT2D eigenvalue weighted by molar-refractivity contribution is -0.274. The monoisotopic (exact) mass is 399 g/mol. The van der Waals surface area contributed by atoms with Crippen LogP contribution in [0.3, 0.4) is 0 Å². The van der Waals surface area contributed by atoms with E-state index in [1.165, 1.54) is 30.6 Å². The largest absolute Gasteiger partial charge is 0.573 e. The van der Waals surface area contributed by atoms with Crippen molar-refractivity contribution >= 4 is 22.5 Å². The molecule has 9 heteroatoms. The van der Waals surface area contributed by atoms with Gasteiger partial charge in [0.25, 0.3) is 0 Å². The van der Waals surface area contributed by atoms with Crippen LogP contribution in [0.2, 0.25) is 0 Å². The second-order valence-corrected chi connectivity index (χ2v) is 6.50. The highest BCUT2D eigenvalue weighted by molar-refractivity contribution is 5.89. The van der Waals surface area contributed by atoms with Gasteiger partial charge in [0.15, 0.2) is 5.65 Å². The van der Waals surface area contributed by atoms with Crippen LogP contribution in [0.1, 0.15) is 11.1 Å². The molecule has 4 rings (SSSR count). The van der Waals surface area contributed by atoms with Gasteiger partial charge in [-0.3, -0.25) is 0 Å². The van der Waals surface area contributed by atoms with Gasteiger partial charge in [0.1, 0.15) is 17.9 Å². The number of hydrogen-bond donors (Lipinski definition) is 1. The Balaban J connectivity index is 1.65. The second kappa shape index (κ2) is 7.08. The Hall–Kier alpha value is -3.62. The number of benzene rings is 2. The molecule has 0 unspecified atom stereocenters. The standard InChI is InChI=1S/C20H16F3N5O/c1-12-3-8-17(13(2)9-12)28-19-16(10-26-28)18(24-11-25-19)27-14-4-6-15(7-5-14)29-20(21,22)23/h3-11H,1-2H3,(H,24,25,27). The van der Waals surface area contributed by atoms with Crippen LogP contribution in [0.5, 0.6) is 5.75 Å². The van der Waals surface area contributed by atoms with Gasteiger partial charge >= 0.3 is 6.36 Å². The first kappa shape index (κ1) is 18.7. The Morgan fingerprint density at radius 2 is 1.76 bits per heavy atom. The number of halogens is 3. The van der Waals surface area contributed by atoms with Crippen molar-refractivity contribution in [2.45, 2.75) is 20.2 Å². The Bertz CT molecular complexity index is 1170. The summed E-state index contributed by atoms with van der Waals surface area (Å²) < 4.78 is 42.5. The van der Waals surface area contributed by atoms with E-state index in [9.17, 15) is 13.2 Å². The summed E-state index contributed by atoms with van der Waals surface area (Å²) in [5, 5.41) is 8.21. The molecule has 2 aromatic heterocycles. The minimum Gasteiger partial charge on any atom is -0.406 e. The summed E-state index contributed by atoms with van der Waals surface area (Å²) in [7, 11) is 0. The first-order chi connectivity index (χ1) is 13.8. The van der Waals surface area contributed by atoms with Crippen LogP contribution in [-0.2, 0) is 0 Å². The number of ether oxygens (including phenoxy) is 1. The molecule has 0 aliphatic rings. The molecule has 0 spiro atoms. The highest BCUT2D eigenvalue weighted by atomic mass is 19.4. The van der Waals surface area contributed by atoms with Gasteiger partial charge in [-0.25, -0.2) is 14.6 Å². The zero-order chi connectivity index (χ0) is 20.6. The van der Waals surface area contributed by atoms with Crippen LogP contribution in [0.25, 0.3) is 16.7 Å². The molecule has 6 nitrogen and oxygen atoms in total. The molecule has 0 bridgehead atoms. The molecule has 29 heavy (non-hydrogen) atoms. The second-order valence-electron chi connectivity index (χ2n) is 6.50. The lowest BCUT2D eigenvalue weighted by Gasteiger charge is -2.11. The smallest absolute Gasteiger partial charge is 0.406 e. The van der Waals surface area contributed by atoms with E-state index in [1.54, 1.807) is 10.9 Å². The third kappa shape index (κ3) is 3.98. The zero-order valence-corrected chi connectivity index (χ0v) is 15.5. The number of aromatic nitrogens is 4. The Labute approximate surface area is 164 Å². The number of anilines is 2. The number of hydrogen-bond acceptors (Lipinski definition) is 5. The van der Waals surface area contributed by atoms with E-state index in [0.717, 1.165) is 16.8 Å². The Morgan fingerprint density at radius 1 is 1.00 bits per heavy atom. The zero-order valence-electron chi connectivity index (χ0n) is 15.5. The number of rotatable bonds is 4. The van der Waals surface area contributed by atoms with E-state index in [2.05, 4.69) is 31.2 Å². The normalized spacial score (nSPS) is 11.6. The van der Waals surface area contributed by atoms with Crippen LogP contribution in [0.4, 0.5) is 24.7 Å². The average molecular weight is 399 g/mol. The molecule has 0 saturated carbocycles. The Morgan fingerprint density at radius 3 is 2.45 bits per heavy atom.